The first-order valence-corrected chi connectivity index (χ1v) is 7.71. The predicted octanol–water partition coefficient (Wildman–Crippen LogP) is 4.21. The first-order chi connectivity index (χ1) is 8.72. The van der Waals surface area contributed by atoms with Gasteiger partial charge in [0.2, 0.25) is 0 Å². The number of hydrogen-bond acceptors (Lipinski definition) is 2. The molecule has 0 bridgehead atoms. The molecule has 2 nitrogen and oxygen atoms in total. The third-order valence-electron chi connectivity index (χ3n) is 4.06. The fraction of sp³-hybridized carbons (Fsp3) is 0.600. The molecule has 1 aromatic rings. The van der Waals surface area contributed by atoms with Gasteiger partial charge in [-0.1, -0.05) is 38.3 Å². The van der Waals surface area contributed by atoms with E-state index in [1.165, 1.54) is 32.1 Å². The summed E-state index contributed by atoms with van der Waals surface area (Å²) in [5.41, 5.74) is 0.977. The van der Waals surface area contributed by atoms with E-state index in [9.17, 15) is 5.11 Å². The molecular formula is C15H22BrNO. The molecule has 1 fully saturated rings. The maximum Gasteiger partial charge on any atom is 0.134 e. The molecule has 1 saturated carbocycles. The van der Waals surface area contributed by atoms with Crippen LogP contribution in [-0.2, 0) is 6.54 Å². The largest absolute Gasteiger partial charge is 0.506 e. The summed E-state index contributed by atoms with van der Waals surface area (Å²) < 4.78 is 0.775. The van der Waals surface area contributed by atoms with Crippen molar-refractivity contribution in [3.05, 3.63) is 28.2 Å². The Kier molecular flexibility index (Phi) is 5.07. The molecule has 0 aromatic heterocycles. The number of aromatic hydroxyl groups is 1. The molecule has 3 heteroatoms. The van der Waals surface area contributed by atoms with Crippen LogP contribution in [0.4, 0.5) is 0 Å². The fourth-order valence-electron chi connectivity index (χ4n) is 2.91. The molecule has 2 rings (SSSR count). The monoisotopic (exact) mass is 311 g/mol. The Morgan fingerprint density at radius 2 is 2.11 bits per heavy atom. The van der Waals surface area contributed by atoms with Crippen molar-refractivity contribution in [2.75, 3.05) is 0 Å². The Hall–Kier alpha value is -0.540. The van der Waals surface area contributed by atoms with E-state index in [2.05, 4.69) is 28.2 Å². The van der Waals surface area contributed by atoms with Crippen molar-refractivity contribution in [2.45, 2.75) is 51.6 Å². The normalized spacial score (nSPS) is 24.1. The minimum atomic E-state index is 0.369. The average molecular weight is 312 g/mol. The quantitative estimate of drug-likeness (QED) is 0.873. The lowest BCUT2D eigenvalue weighted by molar-refractivity contribution is 0.253. The van der Waals surface area contributed by atoms with Crippen LogP contribution in [-0.4, -0.2) is 11.1 Å². The molecule has 0 radical (unpaired) electrons. The van der Waals surface area contributed by atoms with Gasteiger partial charge in [-0.15, -0.1) is 0 Å². The molecule has 0 amide bonds. The van der Waals surface area contributed by atoms with E-state index in [0.717, 1.165) is 22.5 Å². The predicted molar refractivity (Wildman–Crippen MR) is 78.7 cm³/mol. The van der Waals surface area contributed by atoms with Crippen LogP contribution in [0.5, 0.6) is 5.75 Å². The third kappa shape index (κ3) is 3.27. The molecule has 2 atom stereocenters. The summed E-state index contributed by atoms with van der Waals surface area (Å²) in [5.74, 6) is 1.17. The zero-order chi connectivity index (χ0) is 13.0. The Morgan fingerprint density at radius 1 is 1.33 bits per heavy atom. The number of halogens is 1. The van der Waals surface area contributed by atoms with Crippen molar-refractivity contribution in [3.8, 4) is 5.75 Å². The zero-order valence-electron chi connectivity index (χ0n) is 11.0. The van der Waals surface area contributed by atoms with Gasteiger partial charge in [-0.3, -0.25) is 0 Å². The highest BCUT2D eigenvalue weighted by Gasteiger charge is 2.23. The summed E-state index contributed by atoms with van der Waals surface area (Å²) in [5, 5.41) is 13.6. The van der Waals surface area contributed by atoms with Crippen LogP contribution in [0.3, 0.4) is 0 Å². The Balaban J connectivity index is 1.96. The molecule has 18 heavy (non-hydrogen) atoms. The second-order valence-corrected chi connectivity index (χ2v) is 6.04. The average Bonchev–Trinajstić information content (AvgIpc) is 2.41. The molecule has 1 aliphatic carbocycles. The van der Waals surface area contributed by atoms with Gasteiger partial charge in [0.25, 0.3) is 0 Å². The smallest absolute Gasteiger partial charge is 0.134 e. The maximum atomic E-state index is 9.96. The first-order valence-electron chi connectivity index (χ1n) is 6.92. The zero-order valence-corrected chi connectivity index (χ0v) is 12.5. The summed E-state index contributed by atoms with van der Waals surface area (Å²) in [6.07, 6.45) is 6.57. The van der Waals surface area contributed by atoms with Crippen LogP contribution >= 0.6 is 15.9 Å². The molecule has 0 spiro atoms. The van der Waals surface area contributed by atoms with E-state index in [1.54, 1.807) is 0 Å². The van der Waals surface area contributed by atoms with E-state index >= 15 is 0 Å². The maximum absolute atomic E-state index is 9.96. The summed E-state index contributed by atoms with van der Waals surface area (Å²) >= 11 is 3.36. The van der Waals surface area contributed by atoms with Crippen molar-refractivity contribution < 1.29 is 5.11 Å². The standard InChI is InChI=1S/C15H22BrNO/c1-2-11-6-3-4-9-14(11)17-10-12-7-5-8-13(16)15(12)18/h5,7-8,11,14,17-18H,2-4,6,9-10H2,1H3. The van der Waals surface area contributed by atoms with Crippen molar-refractivity contribution in [2.24, 2.45) is 5.92 Å². The van der Waals surface area contributed by atoms with Crippen LogP contribution in [0.2, 0.25) is 0 Å². The number of para-hydroxylation sites is 1. The second-order valence-electron chi connectivity index (χ2n) is 5.19. The molecule has 2 unspecified atom stereocenters. The molecule has 0 saturated heterocycles. The van der Waals surface area contributed by atoms with Gasteiger partial charge in [0.15, 0.2) is 0 Å². The van der Waals surface area contributed by atoms with E-state index < -0.39 is 0 Å². The van der Waals surface area contributed by atoms with Gasteiger partial charge >= 0.3 is 0 Å². The van der Waals surface area contributed by atoms with Crippen molar-refractivity contribution in [1.82, 2.24) is 5.32 Å². The number of hydrogen-bond donors (Lipinski definition) is 2. The van der Waals surface area contributed by atoms with E-state index in [0.29, 0.717) is 11.8 Å². The summed E-state index contributed by atoms with van der Waals surface area (Å²) in [6.45, 7) is 3.04. The van der Waals surface area contributed by atoms with E-state index in [4.69, 9.17) is 0 Å². The highest BCUT2D eigenvalue weighted by atomic mass is 79.9. The highest BCUT2D eigenvalue weighted by Crippen LogP contribution is 2.29. The van der Waals surface area contributed by atoms with Crippen molar-refractivity contribution in [1.29, 1.82) is 0 Å². The summed E-state index contributed by atoms with van der Waals surface area (Å²) in [4.78, 5) is 0. The van der Waals surface area contributed by atoms with Gasteiger partial charge in [0.05, 0.1) is 4.47 Å². The Labute approximate surface area is 118 Å². The van der Waals surface area contributed by atoms with Crippen LogP contribution in [0, 0.1) is 5.92 Å². The molecule has 2 N–H and O–H groups in total. The molecule has 0 heterocycles. The van der Waals surface area contributed by atoms with Gasteiger partial charge in [0, 0.05) is 18.2 Å². The van der Waals surface area contributed by atoms with Gasteiger partial charge < -0.3 is 10.4 Å². The SMILES string of the molecule is CCC1CCCCC1NCc1cccc(Br)c1O. The summed E-state index contributed by atoms with van der Waals surface area (Å²) in [7, 11) is 0. The van der Waals surface area contributed by atoms with Crippen LogP contribution in [0.1, 0.15) is 44.6 Å². The topological polar surface area (TPSA) is 32.3 Å². The van der Waals surface area contributed by atoms with Crippen molar-refractivity contribution in [3.63, 3.8) is 0 Å². The molecule has 100 valence electrons. The van der Waals surface area contributed by atoms with Gasteiger partial charge in [-0.2, -0.15) is 0 Å². The van der Waals surface area contributed by atoms with Gasteiger partial charge in [-0.25, -0.2) is 0 Å². The van der Waals surface area contributed by atoms with Crippen molar-refractivity contribution >= 4 is 15.9 Å². The Bertz CT molecular complexity index is 394. The lowest BCUT2D eigenvalue weighted by Crippen LogP contribution is -2.37. The fourth-order valence-corrected chi connectivity index (χ4v) is 3.32. The van der Waals surface area contributed by atoms with Gasteiger partial charge in [-0.05, 0) is 40.8 Å². The number of phenolic OH excluding ortho intramolecular Hbond substituents is 1. The summed E-state index contributed by atoms with van der Waals surface area (Å²) in [6, 6.07) is 6.44. The highest BCUT2D eigenvalue weighted by molar-refractivity contribution is 9.10. The molecule has 0 aliphatic heterocycles. The van der Waals surface area contributed by atoms with E-state index in [1.807, 2.05) is 18.2 Å². The second kappa shape index (κ2) is 6.58. The number of phenols is 1. The minimum Gasteiger partial charge on any atom is -0.506 e. The lowest BCUT2D eigenvalue weighted by atomic mass is 9.83. The Morgan fingerprint density at radius 3 is 2.89 bits per heavy atom. The van der Waals surface area contributed by atoms with Gasteiger partial charge in [0.1, 0.15) is 5.75 Å². The lowest BCUT2D eigenvalue weighted by Gasteiger charge is -2.31. The molecule has 1 aromatic carbocycles. The molecule has 1 aliphatic rings. The van der Waals surface area contributed by atoms with Crippen LogP contribution in [0.15, 0.2) is 22.7 Å². The van der Waals surface area contributed by atoms with E-state index in [-0.39, 0.29) is 0 Å². The number of rotatable bonds is 4. The van der Waals surface area contributed by atoms with Crippen LogP contribution < -0.4 is 5.32 Å². The third-order valence-corrected chi connectivity index (χ3v) is 4.70. The first kappa shape index (κ1) is 13.9. The number of nitrogens with one attached hydrogen (secondary N) is 1. The molecular weight excluding hydrogens is 290 g/mol. The number of benzene rings is 1. The van der Waals surface area contributed by atoms with Crippen LogP contribution in [0.25, 0.3) is 0 Å². The minimum absolute atomic E-state index is 0.369.